The normalized spacial score (nSPS) is 38.5. The van der Waals surface area contributed by atoms with E-state index in [1.54, 1.807) is 0 Å². The molecule has 3 unspecified atom stereocenters. The van der Waals surface area contributed by atoms with Gasteiger partial charge in [-0.2, -0.15) is 0 Å². The van der Waals surface area contributed by atoms with Crippen LogP contribution < -0.4 is 11.1 Å². The molecule has 0 aliphatic carbocycles. The minimum Gasteiger partial charge on any atom is -0.310 e. The first kappa shape index (κ1) is 8.42. The van der Waals surface area contributed by atoms with E-state index in [1.165, 1.54) is 0 Å². The SMILES string of the molecule is CC1CCNC(N)C1[N+](=O)[O-]. The van der Waals surface area contributed by atoms with Crippen molar-refractivity contribution in [1.82, 2.24) is 5.32 Å². The molecule has 0 aromatic carbocycles. The van der Waals surface area contributed by atoms with E-state index in [9.17, 15) is 10.1 Å². The molecule has 5 heteroatoms. The number of nitrogens with two attached hydrogens (primary N) is 1. The zero-order valence-electron chi connectivity index (χ0n) is 6.49. The minimum atomic E-state index is -0.622. The average molecular weight is 159 g/mol. The summed E-state index contributed by atoms with van der Waals surface area (Å²) in [5.41, 5.74) is 5.52. The summed E-state index contributed by atoms with van der Waals surface area (Å²) in [6.07, 6.45) is 0.355. The first-order valence-electron chi connectivity index (χ1n) is 3.75. The van der Waals surface area contributed by atoms with Crippen LogP contribution >= 0.6 is 0 Å². The fourth-order valence-electron chi connectivity index (χ4n) is 1.46. The monoisotopic (exact) mass is 159 g/mol. The Morgan fingerprint density at radius 3 is 2.73 bits per heavy atom. The van der Waals surface area contributed by atoms with E-state index in [-0.39, 0.29) is 10.8 Å². The third kappa shape index (κ3) is 1.66. The van der Waals surface area contributed by atoms with Crippen molar-refractivity contribution in [3.63, 3.8) is 0 Å². The lowest BCUT2D eigenvalue weighted by molar-refractivity contribution is -0.538. The molecule has 1 saturated heterocycles. The van der Waals surface area contributed by atoms with Gasteiger partial charge in [-0.25, -0.2) is 0 Å². The van der Waals surface area contributed by atoms with Gasteiger partial charge in [0.05, 0.1) is 0 Å². The highest BCUT2D eigenvalue weighted by Gasteiger charge is 2.37. The number of nitrogens with one attached hydrogen (secondary N) is 1. The van der Waals surface area contributed by atoms with Crippen LogP contribution in [0.1, 0.15) is 13.3 Å². The average Bonchev–Trinajstić information content (AvgIpc) is 1.85. The van der Waals surface area contributed by atoms with Crippen molar-refractivity contribution in [2.75, 3.05) is 6.54 Å². The summed E-state index contributed by atoms with van der Waals surface area (Å²) in [6.45, 7) is 2.65. The molecule has 11 heavy (non-hydrogen) atoms. The Morgan fingerprint density at radius 1 is 1.73 bits per heavy atom. The van der Waals surface area contributed by atoms with Crippen molar-refractivity contribution in [2.24, 2.45) is 11.7 Å². The first-order valence-corrected chi connectivity index (χ1v) is 3.75. The van der Waals surface area contributed by atoms with Gasteiger partial charge < -0.3 is 5.73 Å². The van der Waals surface area contributed by atoms with Crippen LogP contribution in [0, 0.1) is 16.0 Å². The van der Waals surface area contributed by atoms with E-state index in [1.807, 2.05) is 6.92 Å². The van der Waals surface area contributed by atoms with Gasteiger partial charge >= 0.3 is 0 Å². The Labute approximate surface area is 65.1 Å². The molecule has 3 N–H and O–H groups in total. The molecule has 1 rings (SSSR count). The van der Waals surface area contributed by atoms with E-state index in [0.29, 0.717) is 0 Å². The summed E-state index contributed by atoms with van der Waals surface area (Å²) < 4.78 is 0. The lowest BCUT2D eigenvalue weighted by atomic mass is 9.93. The van der Waals surface area contributed by atoms with Crippen LogP contribution in [0.25, 0.3) is 0 Å². The first-order chi connectivity index (χ1) is 5.13. The van der Waals surface area contributed by atoms with Crippen LogP contribution in [0.4, 0.5) is 0 Å². The van der Waals surface area contributed by atoms with Gasteiger partial charge in [0.25, 0.3) is 0 Å². The molecule has 0 aromatic rings. The van der Waals surface area contributed by atoms with Gasteiger partial charge in [0.15, 0.2) is 0 Å². The predicted octanol–water partition coefficient (Wildman–Crippen LogP) is -0.454. The molecule has 5 nitrogen and oxygen atoms in total. The molecule has 0 spiro atoms. The van der Waals surface area contributed by atoms with E-state index in [0.717, 1.165) is 13.0 Å². The molecular formula is C6H13N3O2. The Morgan fingerprint density at radius 2 is 2.36 bits per heavy atom. The van der Waals surface area contributed by atoms with Crippen molar-refractivity contribution in [2.45, 2.75) is 25.6 Å². The zero-order chi connectivity index (χ0) is 8.43. The number of hydrogen-bond donors (Lipinski definition) is 2. The van der Waals surface area contributed by atoms with Crippen molar-refractivity contribution >= 4 is 0 Å². The number of nitro groups is 1. The molecule has 1 fully saturated rings. The number of nitrogens with zero attached hydrogens (tertiary/aromatic N) is 1. The van der Waals surface area contributed by atoms with Crippen LogP contribution in [0.3, 0.4) is 0 Å². The summed E-state index contributed by atoms with van der Waals surface area (Å²) in [7, 11) is 0. The molecule has 1 heterocycles. The van der Waals surface area contributed by atoms with Gasteiger partial charge in [-0.3, -0.25) is 15.4 Å². The van der Waals surface area contributed by atoms with Crippen LogP contribution in [0.5, 0.6) is 0 Å². The topological polar surface area (TPSA) is 81.2 Å². The summed E-state index contributed by atoms with van der Waals surface area (Å²) in [6, 6.07) is -0.622. The van der Waals surface area contributed by atoms with Gasteiger partial charge in [-0.15, -0.1) is 0 Å². The largest absolute Gasteiger partial charge is 0.310 e. The third-order valence-electron chi connectivity index (χ3n) is 2.17. The molecule has 0 aromatic heterocycles. The summed E-state index contributed by atoms with van der Waals surface area (Å²) >= 11 is 0. The molecular weight excluding hydrogens is 146 g/mol. The van der Waals surface area contributed by atoms with Gasteiger partial charge in [-0.1, -0.05) is 6.92 Å². The number of rotatable bonds is 1. The second-order valence-electron chi connectivity index (χ2n) is 3.02. The minimum absolute atomic E-state index is 0.0845. The maximum absolute atomic E-state index is 10.5. The molecule has 0 radical (unpaired) electrons. The number of piperidine rings is 1. The van der Waals surface area contributed by atoms with Crippen LogP contribution in [0.2, 0.25) is 0 Å². The zero-order valence-corrected chi connectivity index (χ0v) is 6.49. The van der Waals surface area contributed by atoms with Crippen molar-refractivity contribution in [3.05, 3.63) is 10.1 Å². The van der Waals surface area contributed by atoms with Crippen LogP contribution in [-0.4, -0.2) is 23.7 Å². The quantitative estimate of drug-likeness (QED) is 0.401. The summed E-state index contributed by atoms with van der Waals surface area (Å²) in [5.74, 6) is 0.0845. The van der Waals surface area contributed by atoms with Crippen molar-refractivity contribution in [1.29, 1.82) is 0 Å². The molecule has 0 amide bonds. The standard InChI is InChI=1S/C6H13N3O2/c1-4-2-3-8-6(7)5(4)9(10)11/h4-6,8H,2-3,7H2,1H3. The highest BCUT2D eigenvalue weighted by atomic mass is 16.6. The van der Waals surface area contributed by atoms with E-state index in [4.69, 9.17) is 5.73 Å². The summed E-state index contributed by atoms with van der Waals surface area (Å²) in [4.78, 5) is 10.2. The van der Waals surface area contributed by atoms with Gasteiger partial charge in [0, 0.05) is 10.8 Å². The van der Waals surface area contributed by atoms with Crippen LogP contribution in [-0.2, 0) is 0 Å². The Hall–Kier alpha value is -0.680. The maximum atomic E-state index is 10.5. The van der Waals surface area contributed by atoms with Crippen molar-refractivity contribution in [3.8, 4) is 0 Å². The molecule has 1 aliphatic rings. The van der Waals surface area contributed by atoms with E-state index >= 15 is 0 Å². The lowest BCUT2D eigenvalue weighted by Crippen LogP contribution is -2.57. The van der Waals surface area contributed by atoms with Crippen LogP contribution in [0.15, 0.2) is 0 Å². The molecule has 64 valence electrons. The Balaban J connectivity index is 2.62. The van der Waals surface area contributed by atoms with Gasteiger partial charge in [0.2, 0.25) is 6.04 Å². The highest BCUT2D eigenvalue weighted by molar-refractivity contribution is 4.81. The van der Waals surface area contributed by atoms with Gasteiger partial charge in [-0.05, 0) is 13.0 Å². The highest BCUT2D eigenvalue weighted by Crippen LogP contribution is 2.16. The molecule has 0 saturated carbocycles. The molecule has 0 bridgehead atoms. The predicted molar refractivity (Wildman–Crippen MR) is 40.5 cm³/mol. The second kappa shape index (κ2) is 3.15. The maximum Gasteiger partial charge on any atom is 0.243 e. The van der Waals surface area contributed by atoms with E-state index in [2.05, 4.69) is 5.32 Å². The molecule has 3 atom stereocenters. The number of hydrogen-bond acceptors (Lipinski definition) is 4. The Bertz CT molecular complexity index is 152. The molecule has 1 aliphatic heterocycles. The summed E-state index contributed by atoms with van der Waals surface area (Å²) in [5, 5.41) is 13.3. The lowest BCUT2D eigenvalue weighted by Gasteiger charge is -2.28. The Kier molecular flexibility index (Phi) is 2.41. The van der Waals surface area contributed by atoms with E-state index < -0.39 is 12.2 Å². The van der Waals surface area contributed by atoms with Crippen molar-refractivity contribution < 1.29 is 4.92 Å². The smallest absolute Gasteiger partial charge is 0.243 e. The second-order valence-corrected chi connectivity index (χ2v) is 3.02. The van der Waals surface area contributed by atoms with Gasteiger partial charge in [0.1, 0.15) is 6.17 Å². The third-order valence-corrected chi connectivity index (χ3v) is 2.17. The fraction of sp³-hybridized carbons (Fsp3) is 1.00. The fourth-order valence-corrected chi connectivity index (χ4v) is 1.46.